The highest BCUT2D eigenvalue weighted by Gasteiger charge is 2.06. The van der Waals surface area contributed by atoms with Gasteiger partial charge < -0.3 is 9.84 Å². The van der Waals surface area contributed by atoms with E-state index in [1.165, 1.54) is 0 Å². The summed E-state index contributed by atoms with van der Waals surface area (Å²) < 4.78 is 4.63. The molecule has 1 atom stereocenters. The number of allylic oxidation sites excluding steroid dienone is 1. The number of carbonyl (C=O) groups excluding carboxylic acids is 1. The maximum absolute atomic E-state index is 10.7. The van der Waals surface area contributed by atoms with E-state index < -0.39 is 6.10 Å². The zero-order valence-corrected chi connectivity index (χ0v) is 6.91. The van der Waals surface area contributed by atoms with E-state index in [9.17, 15) is 4.79 Å². The molecule has 1 N–H and O–H groups in total. The van der Waals surface area contributed by atoms with Gasteiger partial charge in [0.25, 0.3) is 0 Å². The monoisotopic (exact) mass is 158 g/mol. The van der Waals surface area contributed by atoms with E-state index in [4.69, 9.17) is 5.11 Å². The predicted octanol–water partition coefficient (Wildman–Crippen LogP) is 0.877. The lowest BCUT2D eigenvalue weighted by Crippen LogP contribution is -2.13. The quantitative estimate of drug-likeness (QED) is 0.488. The number of aliphatic hydroxyl groups excluding tert-OH is 1. The Morgan fingerprint density at radius 3 is 2.82 bits per heavy atom. The molecule has 0 aliphatic rings. The zero-order valence-electron chi connectivity index (χ0n) is 6.91. The van der Waals surface area contributed by atoms with Crippen LogP contribution in [0, 0.1) is 0 Å². The molecule has 0 aromatic rings. The van der Waals surface area contributed by atoms with Gasteiger partial charge in [0, 0.05) is 0 Å². The Morgan fingerprint density at radius 2 is 2.36 bits per heavy atom. The summed E-state index contributed by atoms with van der Waals surface area (Å²) in [7, 11) is 0. The molecule has 0 radical (unpaired) electrons. The van der Waals surface area contributed by atoms with Crippen LogP contribution in [0.2, 0.25) is 0 Å². The van der Waals surface area contributed by atoms with Crippen molar-refractivity contribution in [2.75, 3.05) is 6.61 Å². The van der Waals surface area contributed by atoms with Crippen LogP contribution in [-0.2, 0) is 9.53 Å². The molecule has 0 fully saturated rings. The molecule has 0 aromatic heterocycles. The molecule has 0 amide bonds. The lowest BCUT2D eigenvalue weighted by atomic mass is 10.2. The molecule has 3 nitrogen and oxygen atoms in total. The van der Waals surface area contributed by atoms with Crippen molar-refractivity contribution in [3.8, 4) is 0 Å². The Hall–Kier alpha value is -0.830. The number of rotatable bonds is 4. The maximum Gasteiger partial charge on any atom is 0.308 e. The highest BCUT2D eigenvalue weighted by Crippen LogP contribution is 1.95. The summed E-state index contributed by atoms with van der Waals surface area (Å²) in [5, 5.41) is 9.06. The zero-order chi connectivity index (χ0) is 8.69. The molecule has 0 spiro atoms. The summed E-state index contributed by atoms with van der Waals surface area (Å²) in [5.74, 6) is -0.363. The van der Waals surface area contributed by atoms with Gasteiger partial charge in [-0.25, -0.2) is 0 Å². The van der Waals surface area contributed by atoms with Gasteiger partial charge in [-0.15, -0.1) is 0 Å². The van der Waals surface area contributed by atoms with Crippen molar-refractivity contribution in [3.05, 3.63) is 12.2 Å². The van der Waals surface area contributed by atoms with E-state index >= 15 is 0 Å². The fourth-order valence-corrected chi connectivity index (χ4v) is 0.681. The van der Waals surface area contributed by atoms with Crippen LogP contribution in [0.25, 0.3) is 0 Å². The largest absolute Gasteiger partial charge is 0.466 e. The molecule has 0 heterocycles. The minimum atomic E-state index is -0.709. The fourth-order valence-electron chi connectivity index (χ4n) is 0.681. The second kappa shape index (κ2) is 5.92. The average Bonchev–Trinajstić information content (AvgIpc) is 1.87. The van der Waals surface area contributed by atoms with E-state index in [-0.39, 0.29) is 12.4 Å². The minimum Gasteiger partial charge on any atom is -0.466 e. The lowest BCUT2D eigenvalue weighted by molar-refractivity contribution is -0.144. The number of hydrogen-bond acceptors (Lipinski definition) is 3. The van der Waals surface area contributed by atoms with Crippen LogP contribution in [0.3, 0.4) is 0 Å². The Bertz CT molecular complexity index is 140. The smallest absolute Gasteiger partial charge is 0.308 e. The normalized spacial score (nSPS) is 13.4. The second-order valence-electron chi connectivity index (χ2n) is 2.10. The third-order valence-electron chi connectivity index (χ3n) is 1.10. The third-order valence-corrected chi connectivity index (χ3v) is 1.10. The molecule has 0 aliphatic heterocycles. The van der Waals surface area contributed by atoms with Crippen LogP contribution < -0.4 is 0 Å². The van der Waals surface area contributed by atoms with Gasteiger partial charge in [0.2, 0.25) is 0 Å². The van der Waals surface area contributed by atoms with Gasteiger partial charge in [-0.1, -0.05) is 12.2 Å². The van der Waals surface area contributed by atoms with Gasteiger partial charge in [0.05, 0.1) is 19.1 Å². The first kappa shape index (κ1) is 10.2. The topological polar surface area (TPSA) is 46.5 Å². The Kier molecular flexibility index (Phi) is 5.47. The minimum absolute atomic E-state index is 0.0399. The van der Waals surface area contributed by atoms with Crippen molar-refractivity contribution in [2.24, 2.45) is 0 Å². The molecular weight excluding hydrogens is 144 g/mol. The van der Waals surface area contributed by atoms with E-state index in [0.29, 0.717) is 6.61 Å². The van der Waals surface area contributed by atoms with Crippen LogP contribution in [0.1, 0.15) is 20.3 Å². The molecule has 64 valence electrons. The number of hydrogen-bond donors (Lipinski definition) is 1. The molecule has 0 rings (SSSR count). The van der Waals surface area contributed by atoms with E-state index in [0.717, 1.165) is 0 Å². The molecule has 11 heavy (non-hydrogen) atoms. The SMILES string of the molecule is C/C=C/[C@H](O)CC(=O)OCC. The highest BCUT2D eigenvalue weighted by atomic mass is 16.5. The van der Waals surface area contributed by atoms with Crippen LogP contribution in [-0.4, -0.2) is 23.8 Å². The molecule has 0 saturated carbocycles. The Balaban J connectivity index is 3.57. The summed E-state index contributed by atoms with van der Waals surface area (Å²) in [6, 6.07) is 0. The lowest BCUT2D eigenvalue weighted by Gasteiger charge is -2.03. The summed E-state index contributed by atoms with van der Waals surface area (Å²) in [6.07, 6.45) is 2.58. The first-order valence-corrected chi connectivity index (χ1v) is 3.67. The van der Waals surface area contributed by atoms with Crippen molar-refractivity contribution in [3.63, 3.8) is 0 Å². The molecule has 0 aromatic carbocycles. The van der Waals surface area contributed by atoms with Crippen LogP contribution in [0.15, 0.2) is 12.2 Å². The molecule has 0 saturated heterocycles. The summed E-state index contributed by atoms with van der Waals surface area (Å²) >= 11 is 0. The first-order chi connectivity index (χ1) is 5.20. The van der Waals surface area contributed by atoms with Crippen molar-refractivity contribution in [1.29, 1.82) is 0 Å². The van der Waals surface area contributed by atoms with Crippen molar-refractivity contribution in [1.82, 2.24) is 0 Å². The van der Waals surface area contributed by atoms with E-state index in [1.54, 1.807) is 26.0 Å². The molecule has 3 heteroatoms. The number of aliphatic hydroxyl groups is 1. The van der Waals surface area contributed by atoms with Crippen molar-refractivity contribution in [2.45, 2.75) is 26.4 Å². The Morgan fingerprint density at radius 1 is 1.73 bits per heavy atom. The molecule has 0 unspecified atom stereocenters. The summed E-state index contributed by atoms with van der Waals surface area (Å²) in [6.45, 7) is 3.88. The number of carbonyl (C=O) groups is 1. The van der Waals surface area contributed by atoms with Gasteiger partial charge in [-0.2, -0.15) is 0 Å². The molecule has 0 aliphatic carbocycles. The highest BCUT2D eigenvalue weighted by molar-refractivity contribution is 5.70. The molecular formula is C8H14O3. The van der Waals surface area contributed by atoms with E-state index in [2.05, 4.69) is 4.74 Å². The number of ether oxygens (including phenoxy) is 1. The summed E-state index contributed by atoms with van der Waals surface area (Å²) in [4.78, 5) is 10.7. The van der Waals surface area contributed by atoms with Crippen LogP contribution in [0.4, 0.5) is 0 Å². The second-order valence-corrected chi connectivity index (χ2v) is 2.10. The fraction of sp³-hybridized carbons (Fsp3) is 0.625. The van der Waals surface area contributed by atoms with Gasteiger partial charge >= 0.3 is 5.97 Å². The maximum atomic E-state index is 10.7. The van der Waals surface area contributed by atoms with Crippen molar-refractivity contribution >= 4 is 5.97 Å². The first-order valence-electron chi connectivity index (χ1n) is 3.67. The third kappa shape index (κ3) is 5.61. The standard InChI is InChI=1S/C8H14O3/c1-3-5-7(9)6-8(10)11-4-2/h3,5,7,9H,4,6H2,1-2H3/b5-3+/t7-/m0/s1. The van der Waals surface area contributed by atoms with Crippen LogP contribution in [0.5, 0.6) is 0 Å². The van der Waals surface area contributed by atoms with E-state index in [1.807, 2.05) is 0 Å². The van der Waals surface area contributed by atoms with Gasteiger partial charge in [0.15, 0.2) is 0 Å². The molecule has 0 bridgehead atoms. The number of esters is 1. The summed E-state index contributed by atoms with van der Waals surface area (Å²) in [5.41, 5.74) is 0. The van der Waals surface area contributed by atoms with Crippen molar-refractivity contribution < 1.29 is 14.6 Å². The van der Waals surface area contributed by atoms with Gasteiger partial charge in [-0.05, 0) is 13.8 Å². The average molecular weight is 158 g/mol. The predicted molar refractivity (Wildman–Crippen MR) is 42.1 cm³/mol. The van der Waals surface area contributed by atoms with Crippen LogP contribution >= 0.6 is 0 Å². The van der Waals surface area contributed by atoms with Gasteiger partial charge in [-0.3, -0.25) is 4.79 Å². The van der Waals surface area contributed by atoms with Gasteiger partial charge in [0.1, 0.15) is 0 Å². The Labute approximate surface area is 66.7 Å².